The van der Waals surface area contributed by atoms with Crippen LogP contribution in [0.1, 0.15) is 5.56 Å². The zero-order valence-electron chi connectivity index (χ0n) is 13.1. The molecule has 0 atom stereocenters. The van der Waals surface area contributed by atoms with Gasteiger partial charge in [0.15, 0.2) is 6.61 Å². The number of aryl methyl sites for hydroxylation is 1. The van der Waals surface area contributed by atoms with Crippen LogP contribution in [0.25, 0.3) is 11.0 Å². The van der Waals surface area contributed by atoms with Crippen LogP contribution in [-0.4, -0.2) is 12.5 Å². The molecule has 0 aliphatic heterocycles. The standard InChI is InChI=1S/C18H13Cl2NO4/c1-10-6-18(23)25-15-8-16(13(20)7-11(10)15)24-9-17(22)21-14-5-3-2-4-12(14)19/h2-8H,9H2,1H3,(H,21,22). The molecule has 5 nitrogen and oxygen atoms in total. The van der Waals surface area contributed by atoms with Crippen molar-refractivity contribution >= 4 is 45.8 Å². The third-order valence-electron chi connectivity index (χ3n) is 3.51. The summed E-state index contributed by atoms with van der Waals surface area (Å²) < 4.78 is 10.6. The first kappa shape index (κ1) is 17.3. The lowest BCUT2D eigenvalue weighted by Crippen LogP contribution is -2.20. The number of amides is 1. The number of benzene rings is 2. The molecule has 7 heteroatoms. The predicted octanol–water partition coefficient (Wildman–Crippen LogP) is 4.43. The molecule has 0 aliphatic rings. The van der Waals surface area contributed by atoms with Gasteiger partial charge in [-0.1, -0.05) is 35.3 Å². The van der Waals surface area contributed by atoms with Crippen LogP contribution in [0.3, 0.4) is 0 Å². The molecule has 0 spiro atoms. The second-order valence-electron chi connectivity index (χ2n) is 5.34. The fourth-order valence-electron chi connectivity index (χ4n) is 2.32. The Balaban J connectivity index is 1.77. The van der Waals surface area contributed by atoms with Gasteiger partial charge >= 0.3 is 5.63 Å². The van der Waals surface area contributed by atoms with Gasteiger partial charge in [0.2, 0.25) is 0 Å². The summed E-state index contributed by atoms with van der Waals surface area (Å²) in [5.41, 5.74) is 1.12. The SMILES string of the molecule is Cc1cc(=O)oc2cc(OCC(=O)Nc3ccccc3Cl)c(Cl)cc12. The van der Waals surface area contributed by atoms with E-state index in [9.17, 15) is 9.59 Å². The van der Waals surface area contributed by atoms with Gasteiger partial charge in [0, 0.05) is 17.5 Å². The third kappa shape index (κ3) is 3.95. The van der Waals surface area contributed by atoms with Crippen molar-refractivity contribution in [2.75, 3.05) is 11.9 Å². The van der Waals surface area contributed by atoms with Crippen LogP contribution < -0.4 is 15.7 Å². The number of carbonyl (C=O) groups excluding carboxylic acids is 1. The minimum atomic E-state index is -0.463. The molecule has 3 aromatic rings. The normalized spacial score (nSPS) is 10.7. The summed E-state index contributed by atoms with van der Waals surface area (Å²) in [4.78, 5) is 23.5. The van der Waals surface area contributed by atoms with Gasteiger partial charge in [0.25, 0.3) is 5.91 Å². The quantitative estimate of drug-likeness (QED) is 0.683. The number of hydrogen-bond donors (Lipinski definition) is 1. The summed E-state index contributed by atoms with van der Waals surface area (Å²) in [6, 6.07) is 11.4. The molecule has 0 fully saturated rings. The largest absolute Gasteiger partial charge is 0.482 e. The monoisotopic (exact) mass is 377 g/mol. The number of anilines is 1. The molecule has 3 rings (SSSR count). The second-order valence-corrected chi connectivity index (χ2v) is 6.16. The summed E-state index contributed by atoms with van der Waals surface area (Å²) in [6.07, 6.45) is 0. The second kappa shape index (κ2) is 7.17. The van der Waals surface area contributed by atoms with E-state index in [1.807, 2.05) is 0 Å². The fourth-order valence-corrected chi connectivity index (χ4v) is 2.72. The average Bonchev–Trinajstić information content (AvgIpc) is 2.56. The van der Waals surface area contributed by atoms with E-state index in [0.29, 0.717) is 26.7 Å². The van der Waals surface area contributed by atoms with Gasteiger partial charge in [-0.3, -0.25) is 4.79 Å². The van der Waals surface area contributed by atoms with E-state index in [-0.39, 0.29) is 12.4 Å². The van der Waals surface area contributed by atoms with Crippen molar-refractivity contribution in [1.82, 2.24) is 0 Å². The van der Waals surface area contributed by atoms with Gasteiger partial charge in [0.05, 0.1) is 15.7 Å². The Morgan fingerprint density at radius 2 is 1.92 bits per heavy atom. The predicted molar refractivity (Wildman–Crippen MR) is 97.8 cm³/mol. The lowest BCUT2D eigenvalue weighted by atomic mass is 10.1. The number of ether oxygens (including phenoxy) is 1. The Bertz CT molecular complexity index is 1010. The maximum atomic E-state index is 12.0. The molecule has 1 aromatic heterocycles. The zero-order chi connectivity index (χ0) is 18.0. The molecular formula is C18H13Cl2NO4. The van der Waals surface area contributed by atoms with Crippen LogP contribution in [0.5, 0.6) is 5.75 Å². The summed E-state index contributed by atoms with van der Waals surface area (Å²) in [5, 5.41) is 4.09. The fraction of sp³-hybridized carbons (Fsp3) is 0.111. The first-order valence-corrected chi connectivity index (χ1v) is 8.11. The molecule has 0 saturated carbocycles. The molecule has 1 heterocycles. The van der Waals surface area contributed by atoms with Crippen LogP contribution in [0, 0.1) is 6.92 Å². The molecule has 0 saturated heterocycles. The Kier molecular flexibility index (Phi) is 4.97. The van der Waals surface area contributed by atoms with E-state index in [4.69, 9.17) is 32.4 Å². The molecule has 128 valence electrons. The summed E-state index contributed by atoms with van der Waals surface area (Å²) in [5.74, 6) is -0.146. The highest BCUT2D eigenvalue weighted by atomic mass is 35.5. The van der Waals surface area contributed by atoms with Crippen molar-refractivity contribution in [3.63, 3.8) is 0 Å². The minimum Gasteiger partial charge on any atom is -0.482 e. The molecule has 1 amide bonds. The maximum Gasteiger partial charge on any atom is 0.336 e. The van der Waals surface area contributed by atoms with Crippen molar-refractivity contribution in [1.29, 1.82) is 0 Å². The Hall–Kier alpha value is -2.50. The Morgan fingerprint density at radius 3 is 2.68 bits per heavy atom. The molecule has 2 aromatic carbocycles. The summed E-state index contributed by atoms with van der Waals surface area (Å²) >= 11 is 12.2. The van der Waals surface area contributed by atoms with Gasteiger partial charge in [-0.05, 0) is 30.7 Å². The highest BCUT2D eigenvalue weighted by Crippen LogP contribution is 2.31. The Morgan fingerprint density at radius 1 is 1.16 bits per heavy atom. The zero-order valence-corrected chi connectivity index (χ0v) is 14.6. The van der Waals surface area contributed by atoms with E-state index in [1.54, 1.807) is 37.3 Å². The Labute approximate surface area is 153 Å². The number of rotatable bonds is 4. The number of halogens is 2. The lowest BCUT2D eigenvalue weighted by Gasteiger charge is -2.11. The lowest BCUT2D eigenvalue weighted by molar-refractivity contribution is -0.118. The van der Waals surface area contributed by atoms with Gasteiger partial charge in [-0.2, -0.15) is 0 Å². The van der Waals surface area contributed by atoms with Gasteiger partial charge < -0.3 is 14.5 Å². The first-order chi connectivity index (χ1) is 11.9. The van der Waals surface area contributed by atoms with Crippen molar-refractivity contribution in [3.05, 3.63) is 68.5 Å². The van der Waals surface area contributed by atoms with Gasteiger partial charge in [-0.15, -0.1) is 0 Å². The van der Waals surface area contributed by atoms with Gasteiger partial charge in [0.1, 0.15) is 11.3 Å². The molecule has 0 bridgehead atoms. The van der Waals surface area contributed by atoms with Gasteiger partial charge in [-0.25, -0.2) is 4.79 Å². The van der Waals surface area contributed by atoms with Crippen LogP contribution in [0.15, 0.2) is 51.7 Å². The van der Waals surface area contributed by atoms with E-state index in [0.717, 1.165) is 5.56 Å². The average molecular weight is 378 g/mol. The number of carbonyl (C=O) groups is 1. The highest BCUT2D eigenvalue weighted by molar-refractivity contribution is 6.33. The van der Waals surface area contributed by atoms with Crippen LogP contribution in [0.2, 0.25) is 10.0 Å². The highest BCUT2D eigenvalue weighted by Gasteiger charge is 2.11. The maximum absolute atomic E-state index is 12.0. The van der Waals surface area contributed by atoms with E-state index < -0.39 is 11.5 Å². The molecule has 0 radical (unpaired) electrons. The van der Waals surface area contributed by atoms with Crippen LogP contribution in [0.4, 0.5) is 5.69 Å². The van der Waals surface area contributed by atoms with Crippen molar-refractivity contribution < 1.29 is 13.9 Å². The summed E-state index contributed by atoms with van der Waals surface area (Å²) in [6.45, 7) is 1.51. The molecule has 0 aliphatic carbocycles. The van der Waals surface area contributed by atoms with Crippen LogP contribution >= 0.6 is 23.2 Å². The number of fused-ring (bicyclic) bond motifs is 1. The number of nitrogens with one attached hydrogen (secondary N) is 1. The summed E-state index contributed by atoms with van der Waals surface area (Å²) in [7, 11) is 0. The van der Waals surface area contributed by atoms with Crippen molar-refractivity contribution in [2.45, 2.75) is 6.92 Å². The number of para-hydroxylation sites is 1. The van der Waals surface area contributed by atoms with Crippen molar-refractivity contribution in [3.8, 4) is 5.75 Å². The van der Waals surface area contributed by atoms with E-state index >= 15 is 0 Å². The van der Waals surface area contributed by atoms with E-state index in [1.165, 1.54) is 12.1 Å². The third-order valence-corrected chi connectivity index (χ3v) is 4.14. The smallest absolute Gasteiger partial charge is 0.336 e. The molecule has 25 heavy (non-hydrogen) atoms. The minimum absolute atomic E-state index is 0.247. The molecule has 0 unspecified atom stereocenters. The van der Waals surface area contributed by atoms with Crippen LogP contribution in [-0.2, 0) is 4.79 Å². The molecular weight excluding hydrogens is 365 g/mol. The first-order valence-electron chi connectivity index (χ1n) is 7.35. The van der Waals surface area contributed by atoms with Crippen molar-refractivity contribution in [2.24, 2.45) is 0 Å². The number of hydrogen-bond acceptors (Lipinski definition) is 4. The van der Waals surface area contributed by atoms with E-state index in [2.05, 4.69) is 5.32 Å². The topological polar surface area (TPSA) is 68.5 Å². The molecule has 1 N–H and O–H groups in total.